The van der Waals surface area contributed by atoms with Crippen molar-refractivity contribution in [3.8, 4) is 0 Å². The maximum absolute atomic E-state index is 6.27. The van der Waals surface area contributed by atoms with Gasteiger partial charge in [-0.2, -0.15) is 0 Å². The molecule has 1 saturated carbocycles. The quantitative estimate of drug-likeness (QED) is 0.584. The number of anilines is 2. The van der Waals surface area contributed by atoms with Crippen LogP contribution in [0.5, 0.6) is 0 Å². The molecule has 0 bridgehead atoms. The second kappa shape index (κ2) is 7.59. The first kappa shape index (κ1) is 18.3. The predicted octanol–water partition coefficient (Wildman–Crippen LogP) is 4.44. The van der Waals surface area contributed by atoms with Crippen LogP contribution in [0.15, 0.2) is 30.3 Å². The SMILES string of the molecule is CN(c1nc2ccccc2nc1/C=C/c1nc(Cl)cc(N2CCCC2)n1)C1CC1. The number of aromatic nitrogens is 4. The van der Waals surface area contributed by atoms with Gasteiger partial charge < -0.3 is 9.80 Å². The second-order valence-electron chi connectivity index (χ2n) is 7.70. The number of para-hydroxylation sites is 2. The van der Waals surface area contributed by atoms with Crippen LogP contribution in [0.25, 0.3) is 23.2 Å². The number of nitrogens with zero attached hydrogens (tertiary/aromatic N) is 6. The van der Waals surface area contributed by atoms with Gasteiger partial charge in [0.25, 0.3) is 0 Å². The van der Waals surface area contributed by atoms with E-state index in [2.05, 4.69) is 21.8 Å². The molecular formula is C22H23ClN6. The lowest BCUT2D eigenvalue weighted by Gasteiger charge is -2.19. The van der Waals surface area contributed by atoms with E-state index >= 15 is 0 Å². The van der Waals surface area contributed by atoms with Crippen molar-refractivity contribution in [1.82, 2.24) is 19.9 Å². The lowest BCUT2D eigenvalue weighted by Crippen LogP contribution is -2.22. The number of rotatable bonds is 5. The maximum Gasteiger partial charge on any atom is 0.156 e. The molecule has 0 spiro atoms. The summed E-state index contributed by atoms with van der Waals surface area (Å²) < 4.78 is 0. The summed E-state index contributed by atoms with van der Waals surface area (Å²) in [5, 5.41) is 0.460. The van der Waals surface area contributed by atoms with Crippen LogP contribution in [0.1, 0.15) is 37.2 Å². The van der Waals surface area contributed by atoms with Gasteiger partial charge in [0, 0.05) is 32.2 Å². The van der Waals surface area contributed by atoms with Crippen LogP contribution in [0.3, 0.4) is 0 Å². The van der Waals surface area contributed by atoms with Gasteiger partial charge in [-0.1, -0.05) is 23.7 Å². The monoisotopic (exact) mass is 406 g/mol. The fraction of sp³-hybridized carbons (Fsp3) is 0.364. The van der Waals surface area contributed by atoms with Crippen LogP contribution in [-0.2, 0) is 0 Å². The molecule has 0 amide bonds. The van der Waals surface area contributed by atoms with Crippen molar-refractivity contribution < 1.29 is 0 Å². The fourth-order valence-electron chi connectivity index (χ4n) is 3.77. The number of halogens is 1. The topological polar surface area (TPSA) is 58.0 Å². The smallest absolute Gasteiger partial charge is 0.156 e. The number of benzene rings is 1. The molecule has 0 radical (unpaired) electrons. The molecule has 3 heterocycles. The van der Waals surface area contributed by atoms with Gasteiger partial charge >= 0.3 is 0 Å². The summed E-state index contributed by atoms with van der Waals surface area (Å²) in [6.45, 7) is 2.03. The van der Waals surface area contributed by atoms with Crippen molar-refractivity contribution in [2.45, 2.75) is 31.7 Å². The molecule has 1 aliphatic heterocycles. The van der Waals surface area contributed by atoms with Gasteiger partial charge in [-0.25, -0.2) is 19.9 Å². The molecule has 1 aromatic carbocycles. The summed E-state index contributed by atoms with van der Waals surface area (Å²) in [6, 6.07) is 10.3. The molecule has 2 fully saturated rings. The Balaban J connectivity index is 1.52. The second-order valence-corrected chi connectivity index (χ2v) is 8.09. The molecular weight excluding hydrogens is 384 g/mol. The highest BCUT2D eigenvalue weighted by Crippen LogP contribution is 2.32. The Bertz CT molecular complexity index is 1070. The summed E-state index contributed by atoms with van der Waals surface area (Å²) in [5.41, 5.74) is 2.61. The molecule has 7 heteroatoms. The van der Waals surface area contributed by atoms with Crippen LogP contribution in [0, 0.1) is 0 Å². The van der Waals surface area contributed by atoms with Gasteiger partial charge in [-0.3, -0.25) is 0 Å². The Labute approximate surface area is 175 Å². The van der Waals surface area contributed by atoms with Crippen LogP contribution in [0.2, 0.25) is 5.15 Å². The van der Waals surface area contributed by atoms with E-state index in [9.17, 15) is 0 Å². The molecule has 29 heavy (non-hydrogen) atoms. The minimum atomic E-state index is 0.460. The van der Waals surface area contributed by atoms with E-state index in [0.717, 1.165) is 41.5 Å². The molecule has 1 saturated heterocycles. The average Bonchev–Trinajstić information content (AvgIpc) is 3.44. The highest BCUT2D eigenvalue weighted by Gasteiger charge is 2.28. The molecule has 148 valence electrons. The molecule has 2 aliphatic rings. The summed E-state index contributed by atoms with van der Waals surface area (Å²) >= 11 is 6.27. The number of hydrogen-bond acceptors (Lipinski definition) is 6. The Kier molecular flexibility index (Phi) is 4.79. The van der Waals surface area contributed by atoms with E-state index in [1.165, 1.54) is 25.7 Å². The lowest BCUT2D eigenvalue weighted by atomic mass is 10.2. The van der Waals surface area contributed by atoms with Crippen molar-refractivity contribution >= 4 is 46.4 Å². The molecule has 3 aromatic rings. The first-order chi connectivity index (χ1) is 14.2. The van der Waals surface area contributed by atoms with E-state index in [0.29, 0.717) is 17.0 Å². The van der Waals surface area contributed by atoms with Gasteiger partial charge in [0.2, 0.25) is 0 Å². The average molecular weight is 407 g/mol. The van der Waals surface area contributed by atoms with Crippen LogP contribution >= 0.6 is 11.6 Å². The summed E-state index contributed by atoms with van der Waals surface area (Å²) in [4.78, 5) is 23.3. The van der Waals surface area contributed by atoms with Gasteiger partial charge in [-0.05, 0) is 50.0 Å². The minimum Gasteiger partial charge on any atom is -0.356 e. The van der Waals surface area contributed by atoms with E-state index < -0.39 is 0 Å². The van der Waals surface area contributed by atoms with Crippen LogP contribution in [-0.4, -0.2) is 46.1 Å². The van der Waals surface area contributed by atoms with Crippen molar-refractivity contribution in [2.75, 3.05) is 29.9 Å². The van der Waals surface area contributed by atoms with E-state index in [1.54, 1.807) is 0 Å². The molecule has 6 nitrogen and oxygen atoms in total. The van der Waals surface area contributed by atoms with Crippen molar-refractivity contribution in [1.29, 1.82) is 0 Å². The Morgan fingerprint density at radius 1 is 1.00 bits per heavy atom. The normalized spacial score (nSPS) is 16.8. The largest absolute Gasteiger partial charge is 0.356 e. The molecule has 1 aliphatic carbocycles. The van der Waals surface area contributed by atoms with Gasteiger partial charge in [0.05, 0.1) is 11.0 Å². The predicted molar refractivity (Wildman–Crippen MR) is 118 cm³/mol. The Morgan fingerprint density at radius 3 is 2.45 bits per heavy atom. The standard InChI is InChI=1S/C22H23ClN6/c1-28(15-8-9-15)22-18(24-16-6-2-3-7-17(16)25-22)10-11-20-26-19(23)14-21(27-20)29-12-4-5-13-29/h2-3,6-7,10-11,14-15H,4-5,8-9,12-13H2,1H3/b11-10+. The minimum absolute atomic E-state index is 0.460. The molecule has 0 unspecified atom stereocenters. The summed E-state index contributed by atoms with van der Waals surface area (Å²) in [7, 11) is 2.09. The van der Waals surface area contributed by atoms with E-state index in [1.807, 2.05) is 42.5 Å². The third kappa shape index (κ3) is 3.90. The molecule has 5 rings (SSSR count). The zero-order valence-electron chi connectivity index (χ0n) is 16.4. The lowest BCUT2D eigenvalue weighted by molar-refractivity contribution is 0.889. The van der Waals surface area contributed by atoms with E-state index in [4.69, 9.17) is 26.6 Å². The molecule has 0 N–H and O–H groups in total. The number of fused-ring (bicyclic) bond motifs is 1. The Morgan fingerprint density at radius 2 is 1.72 bits per heavy atom. The Hall–Kier alpha value is -2.73. The zero-order valence-corrected chi connectivity index (χ0v) is 17.2. The first-order valence-corrected chi connectivity index (χ1v) is 10.5. The third-order valence-corrected chi connectivity index (χ3v) is 5.72. The highest BCUT2D eigenvalue weighted by molar-refractivity contribution is 6.29. The summed E-state index contributed by atoms with van der Waals surface area (Å²) in [6.07, 6.45) is 8.61. The van der Waals surface area contributed by atoms with Gasteiger partial charge in [0.15, 0.2) is 11.6 Å². The van der Waals surface area contributed by atoms with Crippen LogP contribution < -0.4 is 9.80 Å². The highest BCUT2D eigenvalue weighted by atomic mass is 35.5. The molecule has 2 aromatic heterocycles. The van der Waals surface area contributed by atoms with Crippen molar-refractivity contribution in [3.05, 3.63) is 47.0 Å². The maximum atomic E-state index is 6.27. The van der Waals surface area contributed by atoms with Crippen molar-refractivity contribution in [3.63, 3.8) is 0 Å². The van der Waals surface area contributed by atoms with Crippen LogP contribution in [0.4, 0.5) is 11.6 Å². The third-order valence-electron chi connectivity index (χ3n) is 5.53. The van der Waals surface area contributed by atoms with E-state index in [-0.39, 0.29) is 0 Å². The van der Waals surface area contributed by atoms with Gasteiger partial charge in [-0.15, -0.1) is 0 Å². The molecule has 0 atom stereocenters. The first-order valence-electron chi connectivity index (χ1n) is 10.1. The van der Waals surface area contributed by atoms with Gasteiger partial charge in [0.1, 0.15) is 16.7 Å². The fourth-order valence-corrected chi connectivity index (χ4v) is 3.95. The summed E-state index contributed by atoms with van der Waals surface area (Å²) in [5.74, 6) is 2.38. The zero-order chi connectivity index (χ0) is 19.8. The number of hydrogen-bond donors (Lipinski definition) is 0. The van der Waals surface area contributed by atoms with Crippen molar-refractivity contribution in [2.24, 2.45) is 0 Å².